The molecule has 0 aromatic carbocycles. The lowest BCUT2D eigenvalue weighted by Crippen LogP contribution is -2.24. The standard InChI is InChI=1S/C13H23N3/c1-10-5-4-6-12(10)7-14-8-13-9-15-16(3)11(13)2/h9-10,12,14H,4-8H2,1-3H3. The van der Waals surface area contributed by atoms with Crippen LogP contribution in [0.4, 0.5) is 0 Å². The molecule has 1 aliphatic carbocycles. The van der Waals surface area contributed by atoms with Crippen LogP contribution in [0.2, 0.25) is 0 Å². The zero-order chi connectivity index (χ0) is 11.5. The molecular formula is C13H23N3. The maximum absolute atomic E-state index is 4.26. The summed E-state index contributed by atoms with van der Waals surface area (Å²) in [6, 6.07) is 0. The number of hydrogen-bond acceptors (Lipinski definition) is 2. The smallest absolute Gasteiger partial charge is 0.0537 e. The summed E-state index contributed by atoms with van der Waals surface area (Å²) in [5, 5.41) is 7.83. The fourth-order valence-electron chi connectivity index (χ4n) is 2.64. The monoisotopic (exact) mass is 221 g/mol. The van der Waals surface area contributed by atoms with Crippen LogP contribution in [-0.4, -0.2) is 16.3 Å². The number of nitrogens with one attached hydrogen (secondary N) is 1. The van der Waals surface area contributed by atoms with Gasteiger partial charge in [0.1, 0.15) is 0 Å². The van der Waals surface area contributed by atoms with Gasteiger partial charge in [-0.2, -0.15) is 5.10 Å². The molecule has 3 nitrogen and oxygen atoms in total. The number of aryl methyl sites for hydroxylation is 1. The fraction of sp³-hybridized carbons (Fsp3) is 0.769. The third-order valence-corrected chi connectivity index (χ3v) is 4.10. The van der Waals surface area contributed by atoms with E-state index in [9.17, 15) is 0 Å². The van der Waals surface area contributed by atoms with Gasteiger partial charge in [0, 0.05) is 24.8 Å². The molecule has 1 saturated carbocycles. The van der Waals surface area contributed by atoms with Crippen LogP contribution in [0.5, 0.6) is 0 Å². The molecule has 0 radical (unpaired) electrons. The van der Waals surface area contributed by atoms with E-state index in [1.54, 1.807) is 0 Å². The van der Waals surface area contributed by atoms with E-state index in [1.807, 2.05) is 17.9 Å². The van der Waals surface area contributed by atoms with Gasteiger partial charge in [0.15, 0.2) is 0 Å². The Hall–Kier alpha value is -0.830. The van der Waals surface area contributed by atoms with E-state index >= 15 is 0 Å². The number of hydrogen-bond donors (Lipinski definition) is 1. The Balaban J connectivity index is 1.77. The molecule has 1 fully saturated rings. The van der Waals surface area contributed by atoms with Crippen LogP contribution >= 0.6 is 0 Å². The van der Waals surface area contributed by atoms with E-state index in [-0.39, 0.29) is 0 Å². The summed E-state index contributed by atoms with van der Waals surface area (Å²) in [5.74, 6) is 1.79. The van der Waals surface area contributed by atoms with E-state index in [0.717, 1.165) is 24.9 Å². The summed E-state index contributed by atoms with van der Waals surface area (Å²) in [7, 11) is 2.00. The van der Waals surface area contributed by atoms with E-state index in [4.69, 9.17) is 0 Å². The zero-order valence-electron chi connectivity index (χ0n) is 10.7. The van der Waals surface area contributed by atoms with Crippen molar-refractivity contribution in [1.29, 1.82) is 0 Å². The van der Waals surface area contributed by atoms with Gasteiger partial charge >= 0.3 is 0 Å². The lowest BCUT2D eigenvalue weighted by Gasteiger charge is -2.15. The molecule has 2 atom stereocenters. The number of nitrogens with zero attached hydrogens (tertiary/aromatic N) is 2. The summed E-state index contributed by atoms with van der Waals surface area (Å²) in [6.45, 7) is 6.63. The highest BCUT2D eigenvalue weighted by molar-refractivity contribution is 5.15. The molecule has 0 bridgehead atoms. The highest BCUT2D eigenvalue weighted by Gasteiger charge is 2.22. The lowest BCUT2D eigenvalue weighted by atomic mass is 9.98. The van der Waals surface area contributed by atoms with Gasteiger partial charge in [0.05, 0.1) is 6.20 Å². The molecule has 1 aromatic rings. The first-order chi connectivity index (χ1) is 7.68. The van der Waals surface area contributed by atoms with Crippen molar-refractivity contribution in [2.75, 3.05) is 6.54 Å². The summed E-state index contributed by atoms with van der Waals surface area (Å²) in [5.41, 5.74) is 2.60. The quantitative estimate of drug-likeness (QED) is 0.845. The van der Waals surface area contributed by atoms with Crippen molar-refractivity contribution in [3.05, 3.63) is 17.5 Å². The van der Waals surface area contributed by atoms with Crippen LogP contribution in [0.25, 0.3) is 0 Å². The summed E-state index contributed by atoms with van der Waals surface area (Å²) >= 11 is 0. The Morgan fingerprint density at radius 1 is 1.50 bits per heavy atom. The first-order valence-corrected chi connectivity index (χ1v) is 6.36. The zero-order valence-corrected chi connectivity index (χ0v) is 10.7. The summed E-state index contributed by atoms with van der Waals surface area (Å²) in [6.07, 6.45) is 6.21. The summed E-state index contributed by atoms with van der Waals surface area (Å²) < 4.78 is 1.94. The molecule has 1 N–H and O–H groups in total. The second kappa shape index (κ2) is 5.00. The van der Waals surface area contributed by atoms with Crippen molar-refractivity contribution in [3.63, 3.8) is 0 Å². The summed E-state index contributed by atoms with van der Waals surface area (Å²) in [4.78, 5) is 0. The molecule has 16 heavy (non-hydrogen) atoms. The van der Waals surface area contributed by atoms with E-state index in [2.05, 4.69) is 24.3 Å². The van der Waals surface area contributed by atoms with Crippen LogP contribution < -0.4 is 5.32 Å². The van der Waals surface area contributed by atoms with E-state index in [0.29, 0.717) is 0 Å². The van der Waals surface area contributed by atoms with Crippen LogP contribution in [-0.2, 0) is 13.6 Å². The molecule has 0 amide bonds. The molecule has 1 heterocycles. The van der Waals surface area contributed by atoms with Crippen LogP contribution in [0.1, 0.15) is 37.4 Å². The van der Waals surface area contributed by atoms with Crippen LogP contribution in [0.15, 0.2) is 6.20 Å². The molecule has 1 aromatic heterocycles. The second-order valence-corrected chi connectivity index (χ2v) is 5.18. The normalized spacial score (nSPS) is 25.2. The van der Waals surface area contributed by atoms with Gasteiger partial charge in [-0.25, -0.2) is 0 Å². The van der Waals surface area contributed by atoms with Crippen molar-refractivity contribution in [2.24, 2.45) is 18.9 Å². The average Bonchev–Trinajstić information content (AvgIpc) is 2.80. The molecule has 0 aliphatic heterocycles. The van der Waals surface area contributed by atoms with Crippen molar-refractivity contribution in [2.45, 2.75) is 39.7 Å². The largest absolute Gasteiger partial charge is 0.312 e. The first-order valence-electron chi connectivity index (χ1n) is 6.36. The van der Waals surface area contributed by atoms with Crippen molar-refractivity contribution < 1.29 is 0 Å². The van der Waals surface area contributed by atoms with Gasteiger partial charge in [-0.05, 0) is 31.7 Å². The molecule has 2 rings (SSSR count). The SMILES string of the molecule is Cc1c(CNCC2CCCC2C)cnn1C. The minimum Gasteiger partial charge on any atom is -0.312 e. The Morgan fingerprint density at radius 2 is 2.31 bits per heavy atom. The number of rotatable bonds is 4. The van der Waals surface area contributed by atoms with E-state index in [1.165, 1.54) is 30.5 Å². The van der Waals surface area contributed by atoms with E-state index < -0.39 is 0 Å². The number of aromatic nitrogens is 2. The van der Waals surface area contributed by atoms with Crippen LogP contribution in [0, 0.1) is 18.8 Å². The molecule has 90 valence electrons. The molecule has 1 aliphatic rings. The first kappa shape index (κ1) is 11.6. The highest BCUT2D eigenvalue weighted by atomic mass is 15.3. The third-order valence-electron chi connectivity index (χ3n) is 4.10. The Morgan fingerprint density at radius 3 is 2.88 bits per heavy atom. The molecule has 0 saturated heterocycles. The fourth-order valence-corrected chi connectivity index (χ4v) is 2.64. The second-order valence-electron chi connectivity index (χ2n) is 5.18. The molecule has 3 heteroatoms. The minimum absolute atomic E-state index is 0.886. The van der Waals surface area contributed by atoms with Gasteiger partial charge in [-0.15, -0.1) is 0 Å². The molecular weight excluding hydrogens is 198 g/mol. The van der Waals surface area contributed by atoms with Crippen molar-refractivity contribution in [3.8, 4) is 0 Å². The van der Waals surface area contributed by atoms with Crippen molar-refractivity contribution in [1.82, 2.24) is 15.1 Å². The average molecular weight is 221 g/mol. The van der Waals surface area contributed by atoms with Gasteiger partial charge in [0.2, 0.25) is 0 Å². The Kier molecular flexibility index (Phi) is 3.64. The lowest BCUT2D eigenvalue weighted by molar-refractivity contribution is 0.392. The predicted octanol–water partition coefficient (Wildman–Crippen LogP) is 2.25. The third kappa shape index (κ3) is 2.46. The maximum atomic E-state index is 4.26. The van der Waals surface area contributed by atoms with Gasteiger partial charge in [-0.3, -0.25) is 4.68 Å². The Labute approximate surface area is 98.2 Å². The van der Waals surface area contributed by atoms with Gasteiger partial charge in [0.25, 0.3) is 0 Å². The van der Waals surface area contributed by atoms with Gasteiger partial charge < -0.3 is 5.32 Å². The Bertz CT molecular complexity index is 343. The maximum Gasteiger partial charge on any atom is 0.0537 e. The topological polar surface area (TPSA) is 29.9 Å². The molecule has 0 spiro atoms. The van der Waals surface area contributed by atoms with Crippen LogP contribution in [0.3, 0.4) is 0 Å². The molecule has 2 unspecified atom stereocenters. The van der Waals surface area contributed by atoms with Crippen molar-refractivity contribution >= 4 is 0 Å². The highest BCUT2D eigenvalue weighted by Crippen LogP contribution is 2.30. The predicted molar refractivity (Wildman–Crippen MR) is 66.2 cm³/mol. The van der Waals surface area contributed by atoms with Gasteiger partial charge in [-0.1, -0.05) is 19.8 Å². The minimum atomic E-state index is 0.886.